The second-order valence-corrected chi connectivity index (χ2v) is 5.21. The lowest BCUT2D eigenvalue weighted by Gasteiger charge is -2.34. The van der Waals surface area contributed by atoms with Crippen LogP contribution in [0.2, 0.25) is 0 Å². The molecule has 110 valence electrons. The lowest BCUT2D eigenvalue weighted by atomic mass is 9.92. The van der Waals surface area contributed by atoms with Crippen molar-refractivity contribution in [2.24, 2.45) is 0 Å². The molecule has 20 heavy (non-hydrogen) atoms. The van der Waals surface area contributed by atoms with Gasteiger partial charge in [-0.15, -0.1) is 0 Å². The molecule has 1 aliphatic rings. The average Bonchev–Trinajstić information content (AvgIpc) is 2.85. The van der Waals surface area contributed by atoms with Gasteiger partial charge in [0, 0.05) is 12.1 Å². The molecule has 0 amide bonds. The molecular formula is C15H21NO4. The Labute approximate surface area is 118 Å². The summed E-state index contributed by atoms with van der Waals surface area (Å²) in [6.07, 6.45) is 2.08. The van der Waals surface area contributed by atoms with E-state index in [4.69, 9.17) is 4.74 Å². The van der Waals surface area contributed by atoms with Gasteiger partial charge in [0.25, 0.3) is 0 Å². The van der Waals surface area contributed by atoms with Crippen molar-refractivity contribution in [3.8, 4) is 11.5 Å². The predicted octanol–water partition coefficient (Wildman–Crippen LogP) is 2.23. The highest BCUT2D eigenvalue weighted by Gasteiger charge is 2.46. The molecule has 5 heteroatoms. The van der Waals surface area contributed by atoms with Gasteiger partial charge >= 0.3 is 5.97 Å². The summed E-state index contributed by atoms with van der Waals surface area (Å²) < 4.78 is 5.15. The Morgan fingerprint density at radius 3 is 2.85 bits per heavy atom. The Hall–Kier alpha value is -1.75. The molecule has 5 nitrogen and oxygen atoms in total. The van der Waals surface area contributed by atoms with E-state index in [1.807, 2.05) is 11.8 Å². The van der Waals surface area contributed by atoms with Crippen molar-refractivity contribution < 1.29 is 19.7 Å². The fourth-order valence-electron chi connectivity index (χ4n) is 2.98. The Morgan fingerprint density at radius 2 is 2.25 bits per heavy atom. The zero-order chi connectivity index (χ0) is 14.8. The zero-order valence-corrected chi connectivity index (χ0v) is 11.9. The molecule has 0 radical (unpaired) electrons. The maximum atomic E-state index is 11.6. The summed E-state index contributed by atoms with van der Waals surface area (Å²) in [5.74, 6) is 0.0578. The fraction of sp³-hybridized carbons (Fsp3) is 0.533. The van der Waals surface area contributed by atoms with Gasteiger partial charge in [-0.25, -0.2) is 0 Å². The number of hydrogen-bond donors (Lipinski definition) is 2. The molecule has 2 N–H and O–H groups in total. The molecule has 0 saturated carbocycles. The van der Waals surface area contributed by atoms with Crippen LogP contribution < -0.4 is 4.74 Å². The van der Waals surface area contributed by atoms with E-state index in [9.17, 15) is 15.0 Å². The van der Waals surface area contributed by atoms with Gasteiger partial charge in [-0.1, -0.05) is 6.92 Å². The molecule has 1 atom stereocenters. The highest BCUT2D eigenvalue weighted by molar-refractivity contribution is 5.79. The summed E-state index contributed by atoms with van der Waals surface area (Å²) in [4.78, 5) is 13.6. The first-order valence-electron chi connectivity index (χ1n) is 6.88. The zero-order valence-electron chi connectivity index (χ0n) is 11.9. The molecule has 2 rings (SSSR count). The van der Waals surface area contributed by atoms with Crippen molar-refractivity contribution in [2.45, 2.75) is 38.3 Å². The first-order chi connectivity index (χ1) is 9.53. The highest BCUT2D eigenvalue weighted by Crippen LogP contribution is 2.36. The minimum Gasteiger partial charge on any atom is -0.508 e. The SMILES string of the molecule is CCC1(C(=O)O)CCCN1Cc1cc(OC)ccc1O. The van der Waals surface area contributed by atoms with Gasteiger partial charge in [-0.05, 0) is 44.0 Å². The smallest absolute Gasteiger partial charge is 0.324 e. The number of methoxy groups -OCH3 is 1. The van der Waals surface area contributed by atoms with Crippen molar-refractivity contribution in [3.63, 3.8) is 0 Å². The fourth-order valence-corrected chi connectivity index (χ4v) is 2.98. The number of hydrogen-bond acceptors (Lipinski definition) is 4. The van der Waals surface area contributed by atoms with Crippen LogP contribution in [0.1, 0.15) is 31.7 Å². The van der Waals surface area contributed by atoms with Crippen molar-refractivity contribution >= 4 is 5.97 Å². The highest BCUT2D eigenvalue weighted by atomic mass is 16.5. The Morgan fingerprint density at radius 1 is 1.50 bits per heavy atom. The van der Waals surface area contributed by atoms with E-state index in [2.05, 4.69) is 0 Å². The summed E-state index contributed by atoms with van der Waals surface area (Å²) in [6.45, 7) is 3.05. The molecule has 1 fully saturated rings. The van der Waals surface area contributed by atoms with E-state index in [1.54, 1.807) is 25.3 Å². The van der Waals surface area contributed by atoms with E-state index in [1.165, 1.54) is 0 Å². The van der Waals surface area contributed by atoms with Crippen molar-refractivity contribution in [1.29, 1.82) is 0 Å². The van der Waals surface area contributed by atoms with E-state index < -0.39 is 11.5 Å². The number of carboxylic acid groups (broad SMARTS) is 1. The van der Waals surface area contributed by atoms with Gasteiger partial charge in [-0.3, -0.25) is 9.69 Å². The minimum absolute atomic E-state index is 0.174. The largest absolute Gasteiger partial charge is 0.508 e. The standard InChI is InChI=1S/C15H21NO4/c1-3-15(14(18)19)7-4-8-16(15)10-11-9-12(20-2)5-6-13(11)17/h5-6,9,17H,3-4,7-8,10H2,1-2H3,(H,18,19). The van der Waals surface area contributed by atoms with Gasteiger partial charge in [0.15, 0.2) is 0 Å². The molecule has 1 aliphatic heterocycles. The van der Waals surface area contributed by atoms with Crippen LogP contribution in [0, 0.1) is 0 Å². The first-order valence-corrected chi connectivity index (χ1v) is 6.88. The van der Waals surface area contributed by atoms with Crippen LogP contribution in [-0.4, -0.2) is 40.3 Å². The average molecular weight is 279 g/mol. The van der Waals surface area contributed by atoms with E-state index in [0.717, 1.165) is 13.0 Å². The minimum atomic E-state index is -0.810. The Bertz CT molecular complexity index is 503. The number of nitrogens with zero attached hydrogens (tertiary/aromatic N) is 1. The number of rotatable bonds is 5. The third-order valence-electron chi connectivity index (χ3n) is 4.25. The number of phenols is 1. The van der Waals surface area contributed by atoms with E-state index >= 15 is 0 Å². The Kier molecular flexibility index (Phi) is 4.18. The van der Waals surface area contributed by atoms with Crippen LogP contribution in [0.3, 0.4) is 0 Å². The van der Waals surface area contributed by atoms with Crippen molar-refractivity contribution in [1.82, 2.24) is 4.90 Å². The maximum absolute atomic E-state index is 11.6. The van der Waals surface area contributed by atoms with Crippen LogP contribution in [0.5, 0.6) is 11.5 Å². The molecule has 1 unspecified atom stereocenters. The van der Waals surface area contributed by atoms with E-state index in [-0.39, 0.29) is 5.75 Å². The van der Waals surface area contributed by atoms with Crippen LogP contribution in [0.15, 0.2) is 18.2 Å². The summed E-state index contributed by atoms with van der Waals surface area (Å²) >= 11 is 0. The normalized spacial score (nSPS) is 22.9. The number of benzene rings is 1. The van der Waals surface area contributed by atoms with Crippen molar-refractivity contribution in [3.05, 3.63) is 23.8 Å². The monoisotopic (exact) mass is 279 g/mol. The first kappa shape index (κ1) is 14.7. The molecule has 0 spiro atoms. The van der Waals surface area contributed by atoms with E-state index in [0.29, 0.717) is 30.7 Å². The van der Waals surface area contributed by atoms with Gasteiger partial charge in [-0.2, -0.15) is 0 Å². The number of aliphatic carboxylic acids is 1. The molecule has 1 saturated heterocycles. The molecule has 0 bridgehead atoms. The second kappa shape index (κ2) is 5.71. The molecule has 1 aromatic carbocycles. The molecule has 1 heterocycles. The number of carbonyl (C=O) groups is 1. The summed E-state index contributed by atoms with van der Waals surface area (Å²) in [7, 11) is 1.57. The topological polar surface area (TPSA) is 70.0 Å². The van der Waals surface area contributed by atoms with Crippen LogP contribution in [0.25, 0.3) is 0 Å². The number of phenolic OH excluding ortho intramolecular Hbond substituents is 1. The Balaban J connectivity index is 2.27. The van der Waals surface area contributed by atoms with Gasteiger partial charge in [0.1, 0.15) is 17.0 Å². The van der Waals surface area contributed by atoms with Gasteiger partial charge < -0.3 is 14.9 Å². The van der Waals surface area contributed by atoms with Gasteiger partial charge in [0.2, 0.25) is 0 Å². The van der Waals surface area contributed by atoms with Crippen LogP contribution >= 0.6 is 0 Å². The third-order valence-corrected chi connectivity index (χ3v) is 4.25. The molecule has 1 aromatic rings. The quantitative estimate of drug-likeness (QED) is 0.865. The summed E-state index contributed by atoms with van der Waals surface area (Å²) in [5.41, 5.74) is -0.111. The molecule has 0 aliphatic carbocycles. The number of aromatic hydroxyl groups is 1. The summed E-state index contributed by atoms with van der Waals surface area (Å²) in [5, 5.41) is 19.5. The molecule has 0 aromatic heterocycles. The second-order valence-electron chi connectivity index (χ2n) is 5.21. The number of likely N-dealkylation sites (tertiary alicyclic amines) is 1. The molecular weight excluding hydrogens is 258 g/mol. The van der Waals surface area contributed by atoms with Crippen LogP contribution in [-0.2, 0) is 11.3 Å². The maximum Gasteiger partial charge on any atom is 0.324 e. The third kappa shape index (κ3) is 2.45. The van der Waals surface area contributed by atoms with Crippen molar-refractivity contribution in [2.75, 3.05) is 13.7 Å². The lowest BCUT2D eigenvalue weighted by Crippen LogP contribution is -2.49. The number of carboxylic acids is 1. The van der Waals surface area contributed by atoms with Crippen LogP contribution in [0.4, 0.5) is 0 Å². The predicted molar refractivity (Wildman–Crippen MR) is 75.0 cm³/mol. The number of ether oxygens (including phenoxy) is 1. The summed E-state index contributed by atoms with van der Waals surface area (Å²) in [6, 6.07) is 5.03. The van der Waals surface area contributed by atoms with Gasteiger partial charge in [0.05, 0.1) is 7.11 Å². The lowest BCUT2D eigenvalue weighted by molar-refractivity contribution is -0.150.